The standard InChI is InChI=1S/C24H32F3N3O2/c1-14-9-19(22(32)28-12-15-7-5-6-8-20(15)31)30-21-17(14)10-16(29-13-24(25,26)27)11-18(21)23(2,3)4/h9-11,15,20,29,31H,5-8,12-13H2,1-4H3,(H,28,32)/t15-,20?/m0/s1. The first-order valence-corrected chi connectivity index (χ1v) is 11.1. The van der Waals surface area contributed by atoms with Gasteiger partial charge in [0, 0.05) is 23.5 Å². The largest absolute Gasteiger partial charge is 0.405 e. The Balaban J connectivity index is 1.92. The number of hydrogen-bond donors (Lipinski definition) is 3. The summed E-state index contributed by atoms with van der Waals surface area (Å²) in [6, 6.07) is 4.99. The quantitative estimate of drug-likeness (QED) is 0.592. The number of hydrogen-bond acceptors (Lipinski definition) is 4. The average Bonchev–Trinajstić information content (AvgIpc) is 2.69. The Morgan fingerprint density at radius 1 is 1.16 bits per heavy atom. The molecule has 0 saturated heterocycles. The lowest BCUT2D eigenvalue weighted by molar-refractivity contribution is -0.115. The van der Waals surface area contributed by atoms with Crippen LogP contribution in [0.5, 0.6) is 0 Å². The number of amides is 1. The smallest absolute Gasteiger partial charge is 0.393 e. The Labute approximate surface area is 186 Å². The molecule has 1 heterocycles. The second kappa shape index (κ2) is 9.25. The van der Waals surface area contributed by atoms with E-state index in [0.29, 0.717) is 23.1 Å². The van der Waals surface area contributed by atoms with E-state index in [1.807, 2.05) is 27.7 Å². The fourth-order valence-electron chi connectivity index (χ4n) is 4.22. The molecule has 2 atom stereocenters. The molecular weight excluding hydrogens is 419 g/mol. The van der Waals surface area contributed by atoms with Gasteiger partial charge in [-0.15, -0.1) is 0 Å². The number of aryl methyl sites for hydroxylation is 1. The Kier molecular flexibility index (Phi) is 7.03. The summed E-state index contributed by atoms with van der Waals surface area (Å²) >= 11 is 0. The van der Waals surface area contributed by atoms with Crippen LogP contribution in [0.25, 0.3) is 10.9 Å². The lowest BCUT2D eigenvalue weighted by Gasteiger charge is -2.27. The van der Waals surface area contributed by atoms with Crippen molar-refractivity contribution < 1.29 is 23.1 Å². The molecule has 2 aromatic rings. The van der Waals surface area contributed by atoms with Gasteiger partial charge in [-0.05, 0) is 54.5 Å². The molecule has 1 fully saturated rings. The highest BCUT2D eigenvalue weighted by Gasteiger charge is 2.28. The SMILES string of the molecule is Cc1cc(C(=O)NC[C@@H]2CCCCC2O)nc2c(C(C)(C)C)cc(NCC(F)(F)F)cc12. The number of aromatic nitrogens is 1. The van der Waals surface area contributed by atoms with Crippen LogP contribution in [0, 0.1) is 12.8 Å². The van der Waals surface area contributed by atoms with E-state index >= 15 is 0 Å². The summed E-state index contributed by atoms with van der Waals surface area (Å²) in [5, 5.41) is 16.2. The fourth-order valence-corrected chi connectivity index (χ4v) is 4.22. The predicted molar refractivity (Wildman–Crippen MR) is 120 cm³/mol. The van der Waals surface area contributed by atoms with E-state index in [2.05, 4.69) is 15.6 Å². The maximum Gasteiger partial charge on any atom is 0.405 e. The van der Waals surface area contributed by atoms with Crippen molar-refractivity contribution in [2.24, 2.45) is 5.92 Å². The van der Waals surface area contributed by atoms with Crippen LogP contribution < -0.4 is 10.6 Å². The van der Waals surface area contributed by atoms with Crippen molar-refractivity contribution in [2.45, 2.75) is 71.1 Å². The Morgan fingerprint density at radius 2 is 1.84 bits per heavy atom. The molecule has 32 heavy (non-hydrogen) atoms. The zero-order valence-electron chi connectivity index (χ0n) is 19.1. The lowest BCUT2D eigenvalue weighted by atomic mass is 9.84. The highest BCUT2D eigenvalue weighted by molar-refractivity contribution is 5.97. The average molecular weight is 452 g/mol. The van der Waals surface area contributed by atoms with Gasteiger partial charge in [0.25, 0.3) is 5.91 Å². The zero-order chi connectivity index (χ0) is 23.7. The van der Waals surface area contributed by atoms with Crippen molar-refractivity contribution in [2.75, 3.05) is 18.4 Å². The Bertz CT molecular complexity index is 983. The lowest BCUT2D eigenvalue weighted by Crippen LogP contribution is -2.37. The van der Waals surface area contributed by atoms with Gasteiger partial charge in [-0.25, -0.2) is 4.98 Å². The highest BCUT2D eigenvalue weighted by Crippen LogP contribution is 2.34. The van der Waals surface area contributed by atoms with Crippen molar-refractivity contribution in [1.29, 1.82) is 0 Å². The van der Waals surface area contributed by atoms with E-state index in [1.54, 1.807) is 18.2 Å². The number of carbonyl (C=O) groups excluding carboxylic acids is 1. The third kappa shape index (κ3) is 5.91. The molecule has 1 aliphatic rings. The van der Waals surface area contributed by atoms with Gasteiger partial charge in [-0.1, -0.05) is 33.6 Å². The normalized spacial score (nSPS) is 19.8. The molecule has 0 radical (unpaired) electrons. The molecule has 3 rings (SSSR count). The number of aliphatic hydroxyl groups excluding tert-OH is 1. The van der Waals surface area contributed by atoms with E-state index < -0.39 is 24.2 Å². The van der Waals surface area contributed by atoms with Crippen molar-refractivity contribution in [1.82, 2.24) is 10.3 Å². The number of carbonyl (C=O) groups is 1. The number of benzene rings is 1. The minimum atomic E-state index is -4.32. The molecule has 0 bridgehead atoms. The minimum absolute atomic E-state index is 0.0432. The molecule has 0 spiro atoms. The number of halogens is 3. The minimum Gasteiger partial charge on any atom is -0.393 e. The molecular formula is C24H32F3N3O2. The van der Waals surface area contributed by atoms with Crippen LogP contribution in [0.2, 0.25) is 0 Å². The van der Waals surface area contributed by atoms with Gasteiger partial charge in [-0.2, -0.15) is 13.2 Å². The number of aliphatic hydroxyl groups is 1. The maximum absolute atomic E-state index is 12.8. The van der Waals surface area contributed by atoms with Gasteiger partial charge >= 0.3 is 6.18 Å². The number of pyridine rings is 1. The summed E-state index contributed by atoms with van der Waals surface area (Å²) < 4.78 is 38.1. The molecule has 0 aliphatic heterocycles. The summed E-state index contributed by atoms with van der Waals surface area (Å²) in [4.78, 5) is 17.4. The van der Waals surface area contributed by atoms with E-state index in [-0.39, 0.29) is 17.5 Å². The van der Waals surface area contributed by atoms with Crippen LogP contribution >= 0.6 is 0 Å². The second-order valence-electron chi connectivity index (χ2n) is 9.79. The number of anilines is 1. The van der Waals surface area contributed by atoms with Crippen molar-refractivity contribution in [3.05, 3.63) is 35.0 Å². The molecule has 176 valence electrons. The topological polar surface area (TPSA) is 74.2 Å². The number of rotatable bonds is 5. The van der Waals surface area contributed by atoms with E-state index in [9.17, 15) is 23.1 Å². The fraction of sp³-hybridized carbons (Fsp3) is 0.583. The van der Waals surface area contributed by atoms with E-state index in [0.717, 1.165) is 36.8 Å². The first-order chi connectivity index (χ1) is 14.8. The molecule has 1 amide bonds. The van der Waals surface area contributed by atoms with Crippen LogP contribution in [0.3, 0.4) is 0 Å². The number of nitrogens with zero attached hydrogens (tertiary/aromatic N) is 1. The van der Waals surface area contributed by atoms with Crippen LogP contribution in [-0.4, -0.2) is 41.4 Å². The second-order valence-corrected chi connectivity index (χ2v) is 9.79. The molecule has 8 heteroatoms. The van der Waals surface area contributed by atoms with Crippen LogP contribution in [0.15, 0.2) is 18.2 Å². The van der Waals surface area contributed by atoms with Crippen molar-refractivity contribution >= 4 is 22.5 Å². The van der Waals surface area contributed by atoms with Crippen LogP contribution in [-0.2, 0) is 5.41 Å². The summed E-state index contributed by atoms with van der Waals surface area (Å²) in [6.45, 7) is 6.98. The summed E-state index contributed by atoms with van der Waals surface area (Å²) in [7, 11) is 0. The first-order valence-electron chi connectivity index (χ1n) is 11.1. The van der Waals surface area contributed by atoms with Crippen molar-refractivity contribution in [3.63, 3.8) is 0 Å². The number of alkyl halides is 3. The Hall–Kier alpha value is -2.35. The van der Waals surface area contributed by atoms with E-state index in [4.69, 9.17) is 0 Å². The van der Waals surface area contributed by atoms with Gasteiger partial charge in [0.05, 0.1) is 11.6 Å². The molecule has 3 N–H and O–H groups in total. The summed E-state index contributed by atoms with van der Waals surface area (Å²) in [5.41, 5.74) is 2.38. The number of fused-ring (bicyclic) bond motifs is 1. The van der Waals surface area contributed by atoms with Gasteiger partial charge in [0.1, 0.15) is 12.2 Å². The van der Waals surface area contributed by atoms with Gasteiger partial charge in [-0.3, -0.25) is 4.79 Å². The molecule has 1 aromatic heterocycles. The molecule has 1 aliphatic carbocycles. The van der Waals surface area contributed by atoms with Gasteiger partial charge < -0.3 is 15.7 Å². The number of nitrogens with one attached hydrogen (secondary N) is 2. The van der Waals surface area contributed by atoms with Crippen LogP contribution in [0.1, 0.15) is 68.1 Å². The third-order valence-electron chi connectivity index (χ3n) is 6.05. The van der Waals surface area contributed by atoms with Gasteiger partial charge in [0.15, 0.2) is 0 Å². The third-order valence-corrected chi connectivity index (χ3v) is 6.05. The van der Waals surface area contributed by atoms with Gasteiger partial charge in [0.2, 0.25) is 0 Å². The zero-order valence-corrected chi connectivity index (χ0v) is 19.1. The first kappa shape index (κ1) is 24.3. The van der Waals surface area contributed by atoms with E-state index in [1.165, 1.54) is 0 Å². The predicted octanol–water partition coefficient (Wildman–Crippen LogP) is 5.10. The molecule has 1 unspecified atom stereocenters. The maximum atomic E-state index is 12.8. The molecule has 5 nitrogen and oxygen atoms in total. The highest BCUT2D eigenvalue weighted by atomic mass is 19.4. The summed E-state index contributed by atoms with van der Waals surface area (Å²) in [5.74, 6) is -0.270. The van der Waals surface area contributed by atoms with Crippen molar-refractivity contribution in [3.8, 4) is 0 Å². The molecule has 1 aromatic carbocycles. The Morgan fingerprint density at radius 3 is 2.47 bits per heavy atom. The molecule has 1 saturated carbocycles. The monoisotopic (exact) mass is 451 g/mol. The summed E-state index contributed by atoms with van der Waals surface area (Å²) in [6.07, 6.45) is -1.03. The van der Waals surface area contributed by atoms with Crippen LogP contribution in [0.4, 0.5) is 18.9 Å².